The largest absolute Gasteiger partial charge is 0.455 e. The molecule has 0 aromatic heterocycles. The molecule has 4 heteroatoms. The summed E-state index contributed by atoms with van der Waals surface area (Å²) in [4.78, 5) is 0. The van der Waals surface area contributed by atoms with Gasteiger partial charge in [0.15, 0.2) is 0 Å². The molecule has 19 heavy (non-hydrogen) atoms. The van der Waals surface area contributed by atoms with Crippen molar-refractivity contribution in [1.82, 2.24) is 0 Å². The Labute approximate surface area is 110 Å². The van der Waals surface area contributed by atoms with Crippen molar-refractivity contribution in [2.24, 2.45) is 0 Å². The number of aliphatic hydroxyl groups is 1. The van der Waals surface area contributed by atoms with Crippen molar-refractivity contribution < 1.29 is 14.2 Å². The third kappa shape index (κ3) is 2.72. The minimum Gasteiger partial charge on any atom is -0.455 e. The van der Waals surface area contributed by atoms with Gasteiger partial charge in [0.25, 0.3) is 0 Å². The zero-order valence-electron chi connectivity index (χ0n) is 10.3. The van der Waals surface area contributed by atoms with Gasteiger partial charge in [0.05, 0.1) is 17.2 Å². The van der Waals surface area contributed by atoms with E-state index in [1.54, 1.807) is 30.3 Å². The number of ether oxygens (including phenoxy) is 1. The number of benzene rings is 2. The molecule has 96 valence electrons. The van der Waals surface area contributed by atoms with Gasteiger partial charge in [-0.2, -0.15) is 5.26 Å². The van der Waals surface area contributed by atoms with Gasteiger partial charge in [-0.1, -0.05) is 18.2 Å². The second kappa shape index (κ2) is 5.51. The molecular formula is C15H12FNO2. The SMILES string of the molecule is C[C@H](O)c1c(F)cccc1Oc1ccccc1C#N. The molecule has 2 aromatic rings. The molecule has 3 nitrogen and oxygen atoms in total. The first-order valence-corrected chi connectivity index (χ1v) is 5.77. The Kier molecular flexibility index (Phi) is 3.79. The summed E-state index contributed by atoms with van der Waals surface area (Å²) in [7, 11) is 0. The van der Waals surface area contributed by atoms with Crippen molar-refractivity contribution in [3.05, 3.63) is 59.4 Å². The number of rotatable bonds is 3. The Hall–Kier alpha value is -2.38. The van der Waals surface area contributed by atoms with Gasteiger partial charge in [-0.15, -0.1) is 0 Å². The molecule has 0 aliphatic rings. The van der Waals surface area contributed by atoms with Gasteiger partial charge in [0.1, 0.15) is 23.4 Å². The first-order chi connectivity index (χ1) is 9.13. The van der Waals surface area contributed by atoms with Crippen LogP contribution in [0.25, 0.3) is 0 Å². The molecule has 0 saturated heterocycles. The van der Waals surface area contributed by atoms with E-state index >= 15 is 0 Å². The maximum atomic E-state index is 13.7. The summed E-state index contributed by atoms with van der Waals surface area (Å²) >= 11 is 0. The molecule has 0 fully saturated rings. The number of para-hydroxylation sites is 1. The Bertz CT molecular complexity index is 632. The molecule has 0 radical (unpaired) electrons. The topological polar surface area (TPSA) is 53.2 Å². The molecule has 2 aromatic carbocycles. The molecule has 0 amide bonds. The second-order valence-corrected chi connectivity index (χ2v) is 4.04. The number of hydrogen-bond donors (Lipinski definition) is 1. The van der Waals surface area contributed by atoms with Crippen LogP contribution in [0.4, 0.5) is 4.39 Å². The lowest BCUT2D eigenvalue weighted by Crippen LogP contribution is -2.00. The molecular weight excluding hydrogens is 245 g/mol. The molecule has 0 bridgehead atoms. The standard InChI is InChI=1S/C15H12FNO2/c1-10(18)15-12(16)6-4-8-14(15)19-13-7-3-2-5-11(13)9-17/h2-8,10,18H,1H3/t10-/m0/s1. The van der Waals surface area contributed by atoms with E-state index in [-0.39, 0.29) is 11.3 Å². The van der Waals surface area contributed by atoms with Crippen molar-refractivity contribution in [2.75, 3.05) is 0 Å². The zero-order valence-corrected chi connectivity index (χ0v) is 10.3. The average molecular weight is 257 g/mol. The molecule has 1 N–H and O–H groups in total. The van der Waals surface area contributed by atoms with E-state index in [9.17, 15) is 9.50 Å². The maximum Gasteiger partial charge on any atom is 0.145 e. The van der Waals surface area contributed by atoms with Crippen LogP contribution in [0.2, 0.25) is 0 Å². The fraction of sp³-hybridized carbons (Fsp3) is 0.133. The number of aliphatic hydroxyl groups excluding tert-OH is 1. The van der Waals surface area contributed by atoms with Gasteiger partial charge in [-0.3, -0.25) is 0 Å². The smallest absolute Gasteiger partial charge is 0.145 e. The monoisotopic (exact) mass is 257 g/mol. The summed E-state index contributed by atoms with van der Waals surface area (Å²) in [5.41, 5.74) is 0.429. The van der Waals surface area contributed by atoms with Gasteiger partial charge in [0, 0.05) is 0 Å². The van der Waals surface area contributed by atoms with Crippen molar-refractivity contribution in [2.45, 2.75) is 13.0 Å². The van der Waals surface area contributed by atoms with E-state index in [1.165, 1.54) is 19.1 Å². The van der Waals surface area contributed by atoms with E-state index in [4.69, 9.17) is 10.00 Å². The fourth-order valence-electron chi connectivity index (χ4n) is 1.78. The van der Waals surface area contributed by atoms with Crippen LogP contribution in [-0.2, 0) is 0 Å². The summed E-state index contributed by atoms with van der Waals surface area (Å²) in [5.74, 6) is -0.00265. The van der Waals surface area contributed by atoms with Crippen molar-refractivity contribution in [1.29, 1.82) is 5.26 Å². The van der Waals surface area contributed by atoms with E-state index in [2.05, 4.69) is 0 Å². The second-order valence-electron chi connectivity index (χ2n) is 4.04. The van der Waals surface area contributed by atoms with Gasteiger partial charge in [0.2, 0.25) is 0 Å². The Morgan fingerprint density at radius 3 is 2.53 bits per heavy atom. The summed E-state index contributed by atoms with van der Waals surface area (Å²) in [6.07, 6.45) is -0.995. The fourth-order valence-corrected chi connectivity index (χ4v) is 1.78. The lowest BCUT2D eigenvalue weighted by Gasteiger charge is -2.14. The van der Waals surface area contributed by atoms with Crippen molar-refractivity contribution in [3.63, 3.8) is 0 Å². The van der Waals surface area contributed by atoms with Gasteiger partial charge < -0.3 is 9.84 Å². The van der Waals surface area contributed by atoms with Crippen molar-refractivity contribution in [3.8, 4) is 17.6 Å². The minimum absolute atomic E-state index is 0.0789. The van der Waals surface area contributed by atoms with E-state index in [1.807, 2.05) is 6.07 Å². The molecule has 0 heterocycles. The normalized spacial score (nSPS) is 11.7. The van der Waals surface area contributed by atoms with Crippen LogP contribution in [0.5, 0.6) is 11.5 Å². The van der Waals surface area contributed by atoms with Crippen LogP contribution in [0.3, 0.4) is 0 Å². The Balaban J connectivity index is 2.45. The number of hydrogen-bond acceptors (Lipinski definition) is 3. The van der Waals surface area contributed by atoms with Crippen LogP contribution in [0.1, 0.15) is 24.2 Å². The molecule has 0 unspecified atom stereocenters. The van der Waals surface area contributed by atoms with Gasteiger partial charge >= 0.3 is 0 Å². The summed E-state index contributed by atoms with van der Waals surface area (Å²) in [6, 6.07) is 13.0. The Morgan fingerprint density at radius 2 is 1.84 bits per heavy atom. The third-order valence-electron chi connectivity index (χ3n) is 2.66. The zero-order chi connectivity index (χ0) is 13.8. The van der Waals surface area contributed by atoms with Crippen LogP contribution < -0.4 is 4.74 Å². The highest BCUT2D eigenvalue weighted by atomic mass is 19.1. The summed E-state index contributed by atoms with van der Waals surface area (Å²) in [6.45, 7) is 1.46. The van der Waals surface area contributed by atoms with Gasteiger partial charge in [-0.05, 0) is 31.2 Å². The minimum atomic E-state index is -0.995. The first kappa shape index (κ1) is 13.1. The third-order valence-corrected chi connectivity index (χ3v) is 2.66. The van der Waals surface area contributed by atoms with Gasteiger partial charge in [-0.25, -0.2) is 4.39 Å². The predicted octanol–water partition coefficient (Wildman–Crippen LogP) is 3.54. The highest BCUT2D eigenvalue weighted by Crippen LogP contribution is 2.32. The average Bonchev–Trinajstić information content (AvgIpc) is 2.39. The maximum absolute atomic E-state index is 13.7. The van der Waals surface area contributed by atoms with E-state index in [0.717, 1.165) is 0 Å². The molecule has 0 spiro atoms. The highest BCUT2D eigenvalue weighted by Gasteiger charge is 2.16. The number of nitriles is 1. The quantitative estimate of drug-likeness (QED) is 0.914. The van der Waals surface area contributed by atoms with Crippen LogP contribution in [-0.4, -0.2) is 5.11 Å². The lowest BCUT2D eigenvalue weighted by atomic mass is 10.1. The number of halogens is 1. The summed E-state index contributed by atoms with van der Waals surface area (Å²) in [5, 5.41) is 18.6. The molecule has 1 atom stereocenters. The molecule has 2 rings (SSSR count). The van der Waals surface area contributed by atoms with Crippen LogP contribution in [0.15, 0.2) is 42.5 Å². The van der Waals surface area contributed by atoms with Crippen molar-refractivity contribution >= 4 is 0 Å². The van der Waals surface area contributed by atoms with E-state index in [0.29, 0.717) is 11.3 Å². The van der Waals surface area contributed by atoms with Crippen LogP contribution in [0, 0.1) is 17.1 Å². The summed E-state index contributed by atoms with van der Waals surface area (Å²) < 4.78 is 19.2. The first-order valence-electron chi connectivity index (χ1n) is 5.77. The lowest BCUT2D eigenvalue weighted by molar-refractivity contribution is 0.190. The highest BCUT2D eigenvalue weighted by molar-refractivity contribution is 5.47. The van der Waals surface area contributed by atoms with Crippen LogP contribution >= 0.6 is 0 Å². The molecule has 0 aliphatic carbocycles. The molecule has 0 aliphatic heterocycles. The Morgan fingerprint density at radius 1 is 1.16 bits per heavy atom. The number of nitrogens with zero attached hydrogens (tertiary/aromatic N) is 1. The molecule has 0 saturated carbocycles. The predicted molar refractivity (Wildman–Crippen MR) is 68.3 cm³/mol. The van der Waals surface area contributed by atoms with E-state index < -0.39 is 11.9 Å².